The number of rotatable bonds is 5. The Bertz CT molecular complexity index is 986. The molecule has 0 spiro atoms. The molecular formula is C23H26FN5O2. The first-order valence-electron chi connectivity index (χ1n) is 10.9. The smallest absolute Gasteiger partial charge is 0.257 e. The molecule has 31 heavy (non-hydrogen) atoms. The Morgan fingerprint density at radius 2 is 1.90 bits per heavy atom. The molecule has 3 heterocycles. The van der Waals surface area contributed by atoms with E-state index in [9.17, 15) is 9.18 Å². The van der Waals surface area contributed by atoms with Gasteiger partial charge in [-0.1, -0.05) is 0 Å². The maximum atomic E-state index is 13.9. The molecule has 2 N–H and O–H groups in total. The van der Waals surface area contributed by atoms with Gasteiger partial charge in [0.15, 0.2) is 0 Å². The van der Waals surface area contributed by atoms with Gasteiger partial charge in [-0.3, -0.25) is 4.79 Å². The van der Waals surface area contributed by atoms with Crippen molar-refractivity contribution in [3.63, 3.8) is 0 Å². The molecule has 1 unspecified atom stereocenters. The first-order valence-corrected chi connectivity index (χ1v) is 10.9. The number of halogens is 1. The number of likely N-dealkylation sites (tertiary alicyclic amines) is 1. The molecule has 1 saturated carbocycles. The third-order valence-electron chi connectivity index (χ3n) is 6.28. The van der Waals surface area contributed by atoms with Crippen LogP contribution in [0.4, 0.5) is 4.39 Å². The van der Waals surface area contributed by atoms with Gasteiger partial charge in [0.2, 0.25) is 0 Å². The molecule has 2 saturated heterocycles. The predicted octanol–water partition coefficient (Wildman–Crippen LogP) is 2.88. The van der Waals surface area contributed by atoms with Gasteiger partial charge in [-0.15, -0.1) is 0 Å². The van der Waals surface area contributed by atoms with E-state index in [1.807, 2.05) is 12.4 Å². The first-order chi connectivity index (χ1) is 15.1. The van der Waals surface area contributed by atoms with E-state index < -0.39 is 5.82 Å². The standard InChI is InChI=1S/C23H26FN5O2/c24-16-3-4-18(21(9-16)31-17-5-7-26-8-6-17)23(30)29-12-19(20(25)13-29)22-27-10-15(11-28-22)14-1-2-14/h3-4,9-11,14,17,19,25-26H,1-2,5-8,12-13H2. The van der Waals surface area contributed by atoms with Gasteiger partial charge in [0.05, 0.1) is 18.0 Å². The van der Waals surface area contributed by atoms with E-state index in [2.05, 4.69) is 15.3 Å². The number of hydrogen-bond donors (Lipinski definition) is 2. The van der Waals surface area contributed by atoms with Crippen LogP contribution in [0.25, 0.3) is 0 Å². The molecule has 3 aliphatic rings. The molecule has 2 aromatic rings. The van der Waals surface area contributed by atoms with Gasteiger partial charge >= 0.3 is 0 Å². The largest absolute Gasteiger partial charge is 0.489 e. The molecule has 8 heteroatoms. The minimum atomic E-state index is -0.434. The molecule has 7 nitrogen and oxygen atoms in total. The van der Waals surface area contributed by atoms with E-state index in [1.54, 1.807) is 4.90 Å². The van der Waals surface area contributed by atoms with Crippen LogP contribution in [-0.2, 0) is 0 Å². The topological polar surface area (TPSA) is 91.2 Å². The summed E-state index contributed by atoms with van der Waals surface area (Å²) >= 11 is 0. The van der Waals surface area contributed by atoms with Crippen LogP contribution in [0.5, 0.6) is 5.75 Å². The number of hydrogen-bond acceptors (Lipinski definition) is 6. The van der Waals surface area contributed by atoms with Crippen molar-refractivity contribution in [3.05, 3.63) is 53.4 Å². The Labute approximate surface area is 180 Å². The maximum Gasteiger partial charge on any atom is 0.257 e. The molecule has 3 fully saturated rings. The van der Waals surface area contributed by atoms with E-state index in [1.165, 1.54) is 31.0 Å². The second kappa shape index (κ2) is 8.34. The van der Waals surface area contributed by atoms with E-state index >= 15 is 0 Å². The average Bonchev–Trinajstić information content (AvgIpc) is 3.56. The van der Waals surface area contributed by atoms with Gasteiger partial charge in [-0.25, -0.2) is 14.4 Å². The molecule has 1 aromatic heterocycles. The van der Waals surface area contributed by atoms with Crippen molar-refractivity contribution < 1.29 is 13.9 Å². The summed E-state index contributed by atoms with van der Waals surface area (Å²) in [4.78, 5) is 23.8. The van der Waals surface area contributed by atoms with Crippen molar-refractivity contribution in [2.45, 2.75) is 43.6 Å². The van der Waals surface area contributed by atoms with Gasteiger partial charge < -0.3 is 20.4 Å². The number of ether oxygens (including phenoxy) is 1. The van der Waals surface area contributed by atoms with Crippen molar-refractivity contribution in [3.8, 4) is 5.75 Å². The fraction of sp³-hybridized carbons (Fsp3) is 0.478. The van der Waals surface area contributed by atoms with Gasteiger partial charge in [0.25, 0.3) is 5.91 Å². The lowest BCUT2D eigenvalue weighted by molar-refractivity contribution is 0.0784. The van der Waals surface area contributed by atoms with Crippen LogP contribution >= 0.6 is 0 Å². The van der Waals surface area contributed by atoms with Crippen molar-refractivity contribution in [1.29, 1.82) is 5.41 Å². The lowest BCUT2D eigenvalue weighted by Crippen LogP contribution is -2.35. The lowest BCUT2D eigenvalue weighted by Gasteiger charge is -2.25. The summed E-state index contributed by atoms with van der Waals surface area (Å²) < 4.78 is 19.9. The Hall–Kier alpha value is -2.87. The fourth-order valence-corrected chi connectivity index (χ4v) is 4.29. The van der Waals surface area contributed by atoms with E-state index in [0.29, 0.717) is 29.6 Å². The second-order valence-corrected chi connectivity index (χ2v) is 8.62. The summed E-state index contributed by atoms with van der Waals surface area (Å²) in [5.74, 6) is 0.424. The van der Waals surface area contributed by atoms with Crippen LogP contribution in [0.3, 0.4) is 0 Å². The summed E-state index contributed by atoms with van der Waals surface area (Å²) in [7, 11) is 0. The van der Waals surface area contributed by atoms with Gasteiger partial charge in [0.1, 0.15) is 23.5 Å². The fourth-order valence-electron chi connectivity index (χ4n) is 4.29. The molecule has 2 aliphatic heterocycles. The van der Waals surface area contributed by atoms with Crippen LogP contribution < -0.4 is 10.1 Å². The number of nitrogens with zero attached hydrogens (tertiary/aromatic N) is 3. The number of aromatic nitrogens is 2. The minimum absolute atomic E-state index is 0.0439. The minimum Gasteiger partial charge on any atom is -0.489 e. The monoisotopic (exact) mass is 423 g/mol. The predicted molar refractivity (Wildman–Crippen MR) is 113 cm³/mol. The quantitative estimate of drug-likeness (QED) is 0.772. The SMILES string of the molecule is N=C1CN(C(=O)c2ccc(F)cc2OC2CCNCC2)CC1c1ncc(C2CC2)cn1. The number of carbonyl (C=O) groups excluding carboxylic acids is 1. The molecule has 1 aromatic carbocycles. The third-order valence-corrected chi connectivity index (χ3v) is 6.28. The van der Waals surface area contributed by atoms with Gasteiger partial charge in [-0.05, 0) is 62.4 Å². The van der Waals surface area contributed by atoms with Gasteiger partial charge in [0, 0.05) is 30.7 Å². The normalized spacial score (nSPS) is 22.0. The molecule has 0 bridgehead atoms. The Morgan fingerprint density at radius 3 is 2.61 bits per heavy atom. The molecule has 162 valence electrons. The van der Waals surface area contributed by atoms with E-state index in [0.717, 1.165) is 31.5 Å². The van der Waals surface area contributed by atoms with E-state index in [4.69, 9.17) is 10.1 Å². The molecular weight excluding hydrogens is 397 g/mol. The van der Waals surface area contributed by atoms with Crippen molar-refractivity contribution in [2.75, 3.05) is 26.2 Å². The highest BCUT2D eigenvalue weighted by atomic mass is 19.1. The summed E-state index contributed by atoms with van der Waals surface area (Å²) in [5, 5.41) is 11.7. The molecule has 0 radical (unpaired) electrons. The molecule has 1 aliphatic carbocycles. The maximum absolute atomic E-state index is 13.9. The Kier molecular flexibility index (Phi) is 5.40. The molecule has 1 atom stereocenters. The lowest BCUT2D eigenvalue weighted by atomic mass is 10.1. The highest BCUT2D eigenvalue weighted by molar-refractivity contribution is 6.02. The van der Waals surface area contributed by atoms with Crippen molar-refractivity contribution in [2.24, 2.45) is 0 Å². The van der Waals surface area contributed by atoms with Crippen LogP contribution in [0.1, 0.15) is 59.3 Å². The zero-order valence-electron chi connectivity index (χ0n) is 17.3. The van der Waals surface area contributed by atoms with Crippen LogP contribution in [0.2, 0.25) is 0 Å². The van der Waals surface area contributed by atoms with Crippen LogP contribution in [0, 0.1) is 11.2 Å². The van der Waals surface area contributed by atoms with Crippen LogP contribution in [-0.4, -0.2) is 58.8 Å². The number of nitrogens with one attached hydrogen (secondary N) is 2. The summed E-state index contributed by atoms with van der Waals surface area (Å²) in [6, 6.07) is 4.04. The number of piperidine rings is 1. The molecule has 1 amide bonds. The summed E-state index contributed by atoms with van der Waals surface area (Å²) in [6.07, 6.45) is 7.65. The van der Waals surface area contributed by atoms with E-state index in [-0.39, 0.29) is 30.2 Å². The Balaban J connectivity index is 1.32. The number of benzene rings is 1. The zero-order valence-corrected chi connectivity index (χ0v) is 17.3. The van der Waals surface area contributed by atoms with Gasteiger partial charge in [-0.2, -0.15) is 0 Å². The molecule has 5 rings (SSSR count). The number of carbonyl (C=O) groups is 1. The Morgan fingerprint density at radius 1 is 1.16 bits per heavy atom. The van der Waals surface area contributed by atoms with Crippen LogP contribution in [0.15, 0.2) is 30.6 Å². The van der Waals surface area contributed by atoms with Crippen molar-refractivity contribution in [1.82, 2.24) is 20.2 Å². The van der Waals surface area contributed by atoms with Crippen molar-refractivity contribution >= 4 is 11.6 Å². The summed E-state index contributed by atoms with van der Waals surface area (Å²) in [6.45, 7) is 2.23. The average molecular weight is 423 g/mol. The summed E-state index contributed by atoms with van der Waals surface area (Å²) in [5.41, 5.74) is 1.89. The number of amides is 1. The third kappa shape index (κ3) is 4.30. The highest BCUT2D eigenvalue weighted by Gasteiger charge is 2.35. The zero-order chi connectivity index (χ0) is 21.4. The highest BCUT2D eigenvalue weighted by Crippen LogP contribution is 2.39. The second-order valence-electron chi connectivity index (χ2n) is 8.62. The first kappa shape index (κ1) is 20.1.